The van der Waals surface area contributed by atoms with Gasteiger partial charge in [0, 0.05) is 24.8 Å². The Labute approximate surface area is 114 Å². The van der Waals surface area contributed by atoms with Crippen molar-refractivity contribution in [1.82, 2.24) is 4.90 Å². The SMILES string of the molecule is CC(C)(N)C(=O)Nc1ccc2c(c1)CN(C1CC1)C2. The van der Waals surface area contributed by atoms with Gasteiger partial charge in [-0.2, -0.15) is 0 Å². The number of carbonyl (C=O) groups is 1. The molecule has 0 aromatic heterocycles. The van der Waals surface area contributed by atoms with Crippen molar-refractivity contribution in [1.29, 1.82) is 0 Å². The molecule has 0 saturated heterocycles. The fourth-order valence-electron chi connectivity index (χ4n) is 2.49. The lowest BCUT2D eigenvalue weighted by Crippen LogP contribution is -2.45. The number of hydrogen-bond donors (Lipinski definition) is 2. The van der Waals surface area contributed by atoms with Crippen molar-refractivity contribution in [3.63, 3.8) is 0 Å². The Morgan fingerprint density at radius 3 is 2.63 bits per heavy atom. The summed E-state index contributed by atoms with van der Waals surface area (Å²) >= 11 is 0. The molecule has 1 heterocycles. The zero-order valence-corrected chi connectivity index (χ0v) is 11.6. The predicted octanol–water partition coefficient (Wildman–Crippen LogP) is 1.84. The maximum atomic E-state index is 11.9. The molecule has 0 atom stereocenters. The zero-order valence-electron chi connectivity index (χ0n) is 11.6. The van der Waals surface area contributed by atoms with Crippen LogP contribution in [0.3, 0.4) is 0 Å². The standard InChI is InChI=1S/C15H21N3O/c1-15(2,16)14(19)17-12-4-3-10-8-18(13-5-6-13)9-11(10)7-12/h3-4,7,13H,5-6,8-9,16H2,1-2H3,(H,17,19). The largest absolute Gasteiger partial charge is 0.325 e. The van der Waals surface area contributed by atoms with E-state index in [0.29, 0.717) is 0 Å². The first kappa shape index (κ1) is 12.6. The molecular weight excluding hydrogens is 238 g/mol. The van der Waals surface area contributed by atoms with E-state index in [0.717, 1.165) is 24.8 Å². The first-order valence-corrected chi connectivity index (χ1v) is 6.90. The van der Waals surface area contributed by atoms with Crippen LogP contribution in [0, 0.1) is 0 Å². The van der Waals surface area contributed by atoms with Crippen LogP contribution in [0.1, 0.15) is 37.8 Å². The molecular formula is C15H21N3O. The van der Waals surface area contributed by atoms with Crippen LogP contribution in [0.2, 0.25) is 0 Å². The molecule has 1 aromatic rings. The monoisotopic (exact) mass is 259 g/mol. The number of anilines is 1. The highest BCUT2D eigenvalue weighted by molar-refractivity contribution is 5.97. The smallest absolute Gasteiger partial charge is 0.243 e. The summed E-state index contributed by atoms with van der Waals surface area (Å²) in [7, 11) is 0. The summed E-state index contributed by atoms with van der Waals surface area (Å²) in [6, 6.07) is 6.96. The maximum Gasteiger partial charge on any atom is 0.243 e. The Kier molecular flexibility index (Phi) is 2.87. The molecule has 3 N–H and O–H groups in total. The van der Waals surface area contributed by atoms with Crippen LogP contribution in [-0.2, 0) is 17.9 Å². The number of nitrogens with two attached hydrogens (primary N) is 1. The Bertz CT molecular complexity index is 515. The Morgan fingerprint density at radius 1 is 1.32 bits per heavy atom. The van der Waals surface area contributed by atoms with E-state index in [4.69, 9.17) is 5.73 Å². The van der Waals surface area contributed by atoms with Crippen molar-refractivity contribution < 1.29 is 4.79 Å². The highest BCUT2D eigenvalue weighted by atomic mass is 16.2. The van der Waals surface area contributed by atoms with Crippen molar-refractivity contribution in [2.24, 2.45) is 5.73 Å². The van der Waals surface area contributed by atoms with Gasteiger partial charge >= 0.3 is 0 Å². The van der Waals surface area contributed by atoms with E-state index in [2.05, 4.69) is 22.3 Å². The lowest BCUT2D eigenvalue weighted by atomic mass is 10.1. The number of fused-ring (bicyclic) bond motifs is 1. The number of hydrogen-bond acceptors (Lipinski definition) is 3. The average molecular weight is 259 g/mol. The molecule has 1 aliphatic heterocycles. The van der Waals surface area contributed by atoms with Gasteiger partial charge in [0.1, 0.15) is 0 Å². The molecule has 2 aliphatic rings. The molecule has 1 aliphatic carbocycles. The van der Waals surface area contributed by atoms with E-state index in [9.17, 15) is 4.79 Å². The molecule has 0 radical (unpaired) electrons. The molecule has 4 heteroatoms. The third-order valence-electron chi connectivity index (χ3n) is 3.86. The van der Waals surface area contributed by atoms with E-state index in [1.807, 2.05) is 6.07 Å². The molecule has 1 fully saturated rings. The van der Waals surface area contributed by atoms with Gasteiger partial charge in [-0.25, -0.2) is 0 Å². The second-order valence-electron chi connectivity index (χ2n) is 6.30. The lowest BCUT2D eigenvalue weighted by molar-refractivity contribution is -0.120. The van der Waals surface area contributed by atoms with Crippen molar-refractivity contribution >= 4 is 11.6 Å². The first-order valence-electron chi connectivity index (χ1n) is 6.90. The topological polar surface area (TPSA) is 58.4 Å². The van der Waals surface area contributed by atoms with Gasteiger partial charge in [0.05, 0.1) is 5.54 Å². The Balaban J connectivity index is 1.73. The summed E-state index contributed by atoms with van der Waals surface area (Å²) in [6.07, 6.45) is 2.66. The number of carbonyl (C=O) groups excluding carboxylic acids is 1. The summed E-state index contributed by atoms with van der Waals surface area (Å²) in [6.45, 7) is 5.49. The Morgan fingerprint density at radius 2 is 2.00 bits per heavy atom. The normalized spacial score (nSPS) is 19.3. The van der Waals surface area contributed by atoms with Crippen molar-refractivity contribution in [3.8, 4) is 0 Å². The van der Waals surface area contributed by atoms with E-state index in [1.165, 1.54) is 24.0 Å². The van der Waals surface area contributed by atoms with Gasteiger partial charge in [0.2, 0.25) is 5.91 Å². The average Bonchev–Trinajstić information content (AvgIpc) is 3.08. The molecule has 1 amide bonds. The van der Waals surface area contributed by atoms with Gasteiger partial charge < -0.3 is 11.1 Å². The van der Waals surface area contributed by atoms with Crippen LogP contribution in [0.25, 0.3) is 0 Å². The molecule has 3 rings (SSSR count). The third-order valence-corrected chi connectivity index (χ3v) is 3.86. The molecule has 4 nitrogen and oxygen atoms in total. The van der Waals surface area contributed by atoms with Gasteiger partial charge in [0.25, 0.3) is 0 Å². The van der Waals surface area contributed by atoms with Crippen LogP contribution < -0.4 is 11.1 Å². The van der Waals surface area contributed by atoms with E-state index in [-0.39, 0.29) is 5.91 Å². The second-order valence-corrected chi connectivity index (χ2v) is 6.30. The second kappa shape index (κ2) is 4.32. The van der Waals surface area contributed by atoms with Gasteiger partial charge in [-0.15, -0.1) is 0 Å². The zero-order chi connectivity index (χ0) is 13.6. The number of nitrogens with one attached hydrogen (secondary N) is 1. The van der Waals surface area contributed by atoms with Gasteiger partial charge in [-0.3, -0.25) is 9.69 Å². The number of amides is 1. The summed E-state index contributed by atoms with van der Waals surface area (Å²) < 4.78 is 0. The van der Waals surface area contributed by atoms with Crippen molar-refractivity contribution in [3.05, 3.63) is 29.3 Å². The quantitative estimate of drug-likeness (QED) is 0.871. The van der Waals surface area contributed by atoms with Gasteiger partial charge in [0.15, 0.2) is 0 Å². The maximum absolute atomic E-state index is 11.9. The Hall–Kier alpha value is -1.39. The highest BCUT2D eigenvalue weighted by Gasteiger charge is 2.33. The highest BCUT2D eigenvalue weighted by Crippen LogP contribution is 2.35. The van der Waals surface area contributed by atoms with Crippen LogP contribution in [-0.4, -0.2) is 22.4 Å². The van der Waals surface area contributed by atoms with E-state index < -0.39 is 5.54 Å². The van der Waals surface area contributed by atoms with Gasteiger partial charge in [-0.1, -0.05) is 6.07 Å². The molecule has 1 saturated carbocycles. The molecule has 1 aromatic carbocycles. The fourth-order valence-corrected chi connectivity index (χ4v) is 2.49. The molecule has 0 spiro atoms. The van der Waals surface area contributed by atoms with Crippen LogP contribution in [0.5, 0.6) is 0 Å². The number of nitrogens with zero attached hydrogens (tertiary/aromatic N) is 1. The molecule has 0 unspecified atom stereocenters. The summed E-state index contributed by atoms with van der Waals surface area (Å²) in [5.41, 5.74) is 8.51. The predicted molar refractivity (Wildman–Crippen MR) is 75.6 cm³/mol. The third kappa shape index (κ3) is 2.65. The van der Waals surface area contributed by atoms with Crippen LogP contribution in [0.4, 0.5) is 5.69 Å². The summed E-state index contributed by atoms with van der Waals surface area (Å²) in [5, 5.41) is 2.89. The number of rotatable bonds is 3. The molecule has 102 valence electrons. The minimum atomic E-state index is -0.848. The van der Waals surface area contributed by atoms with Crippen LogP contribution >= 0.6 is 0 Å². The first-order chi connectivity index (χ1) is 8.93. The van der Waals surface area contributed by atoms with Gasteiger partial charge in [-0.05, 0) is 49.9 Å². The molecule has 19 heavy (non-hydrogen) atoms. The van der Waals surface area contributed by atoms with Crippen LogP contribution in [0.15, 0.2) is 18.2 Å². The van der Waals surface area contributed by atoms with E-state index >= 15 is 0 Å². The number of benzene rings is 1. The van der Waals surface area contributed by atoms with E-state index in [1.54, 1.807) is 13.8 Å². The summed E-state index contributed by atoms with van der Waals surface area (Å²) in [5.74, 6) is -0.149. The summed E-state index contributed by atoms with van der Waals surface area (Å²) in [4.78, 5) is 14.4. The van der Waals surface area contributed by atoms with Crippen molar-refractivity contribution in [2.45, 2.75) is 51.4 Å². The molecule has 0 bridgehead atoms. The minimum Gasteiger partial charge on any atom is -0.325 e. The van der Waals surface area contributed by atoms with Crippen molar-refractivity contribution in [2.75, 3.05) is 5.32 Å². The minimum absolute atomic E-state index is 0.149. The fraction of sp³-hybridized carbons (Fsp3) is 0.533. The lowest BCUT2D eigenvalue weighted by Gasteiger charge is -2.18.